The second kappa shape index (κ2) is 7.79. The Labute approximate surface area is 174 Å². The van der Waals surface area contributed by atoms with Gasteiger partial charge in [-0.3, -0.25) is 9.36 Å². The summed E-state index contributed by atoms with van der Waals surface area (Å²) in [6.45, 7) is 1.41. The number of nitrogens with zero attached hydrogens (tertiary/aromatic N) is 5. The summed E-state index contributed by atoms with van der Waals surface area (Å²) in [7, 11) is 3.79. The number of anilines is 2. The molecule has 8 heteroatoms. The zero-order chi connectivity index (χ0) is 20.5. The Morgan fingerprint density at radius 1 is 1.13 bits per heavy atom. The van der Waals surface area contributed by atoms with Gasteiger partial charge in [-0.25, -0.2) is 4.98 Å². The predicted octanol–water partition coefficient (Wildman–Crippen LogP) is 3.67. The van der Waals surface area contributed by atoms with Gasteiger partial charge in [-0.1, -0.05) is 30.3 Å². The fraction of sp³-hybridized carbons (Fsp3) is 0.318. The highest BCUT2D eigenvalue weighted by Gasteiger charge is 2.19. The Balaban J connectivity index is 1.47. The van der Waals surface area contributed by atoms with Crippen molar-refractivity contribution < 1.29 is 9.47 Å². The van der Waals surface area contributed by atoms with Crippen molar-refractivity contribution in [3.63, 3.8) is 0 Å². The van der Waals surface area contributed by atoms with Gasteiger partial charge in [0.05, 0.1) is 23.9 Å². The lowest BCUT2D eigenvalue weighted by atomic mass is 10.1. The van der Waals surface area contributed by atoms with Gasteiger partial charge in [-0.15, -0.1) is 0 Å². The average Bonchev–Trinajstić information content (AvgIpc) is 3.33. The van der Waals surface area contributed by atoms with Gasteiger partial charge in [0.2, 0.25) is 0 Å². The fourth-order valence-electron chi connectivity index (χ4n) is 3.70. The average molecular weight is 404 g/mol. The number of nitrogens with one attached hydrogen (secondary N) is 1. The van der Waals surface area contributed by atoms with Crippen molar-refractivity contribution >= 4 is 22.7 Å². The van der Waals surface area contributed by atoms with Crippen molar-refractivity contribution in [2.75, 3.05) is 18.5 Å². The number of fused-ring (bicyclic) bond motifs is 1. The molecule has 0 amide bonds. The lowest BCUT2D eigenvalue weighted by Crippen LogP contribution is -2.28. The van der Waals surface area contributed by atoms with E-state index in [4.69, 9.17) is 14.5 Å². The number of rotatable bonds is 5. The van der Waals surface area contributed by atoms with Crippen LogP contribution in [-0.2, 0) is 18.8 Å². The third-order valence-electron chi connectivity index (χ3n) is 5.28. The summed E-state index contributed by atoms with van der Waals surface area (Å²) in [4.78, 5) is 4.74. The molecule has 0 aliphatic carbocycles. The van der Waals surface area contributed by atoms with Crippen LogP contribution in [0.15, 0.2) is 48.7 Å². The molecule has 1 fully saturated rings. The summed E-state index contributed by atoms with van der Waals surface area (Å²) >= 11 is 0. The number of benzene rings is 1. The number of aromatic nitrogens is 5. The molecule has 1 saturated heterocycles. The van der Waals surface area contributed by atoms with Gasteiger partial charge < -0.3 is 14.8 Å². The molecule has 1 N–H and O–H groups in total. The lowest BCUT2D eigenvalue weighted by molar-refractivity contribution is 0.00809. The van der Waals surface area contributed by atoms with Gasteiger partial charge in [-0.2, -0.15) is 10.2 Å². The van der Waals surface area contributed by atoms with Crippen molar-refractivity contribution in [1.82, 2.24) is 24.5 Å². The van der Waals surface area contributed by atoms with Crippen molar-refractivity contribution in [1.29, 1.82) is 0 Å². The molecule has 0 spiro atoms. The topological polar surface area (TPSA) is 79.0 Å². The van der Waals surface area contributed by atoms with E-state index < -0.39 is 0 Å². The van der Waals surface area contributed by atoms with Crippen LogP contribution in [0.25, 0.3) is 22.3 Å². The van der Waals surface area contributed by atoms with E-state index in [1.54, 1.807) is 10.9 Å². The number of ether oxygens (including phenoxy) is 2. The SMILES string of the molecule is Cn1nc(-c2ccccc2)cc1Nc1cc(OC2CCCOC2)c2cnn(C)c2n1. The van der Waals surface area contributed by atoms with Crippen LogP contribution < -0.4 is 10.1 Å². The molecule has 154 valence electrons. The first kappa shape index (κ1) is 18.6. The molecule has 1 aromatic carbocycles. The third-order valence-corrected chi connectivity index (χ3v) is 5.28. The minimum Gasteiger partial charge on any atom is -0.487 e. The van der Waals surface area contributed by atoms with E-state index in [2.05, 4.69) is 15.5 Å². The Kier molecular flexibility index (Phi) is 4.84. The molecule has 0 bridgehead atoms. The van der Waals surface area contributed by atoms with E-state index in [0.29, 0.717) is 12.4 Å². The summed E-state index contributed by atoms with van der Waals surface area (Å²) in [5.74, 6) is 2.28. The van der Waals surface area contributed by atoms with Gasteiger partial charge in [0, 0.05) is 38.4 Å². The van der Waals surface area contributed by atoms with Gasteiger partial charge >= 0.3 is 0 Å². The van der Waals surface area contributed by atoms with Crippen molar-refractivity contribution in [2.45, 2.75) is 18.9 Å². The van der Waals surface area contributed by atoms with Crippen LogP contribution in [0.5, 0.6) is 5.75 Å². The second-order valence-corrected chi connectivity index (χ2v) is 7.50. The zero-order valence-electron chi connectivity index (χ0n) is 17.1. The van der Waals surface area contributed by atoms with Crippen LogP contribution in [0, 0.1) is 0 Å². The Hall–Kier alpha value is -3.39. The van der Waals surface area contributed by atoms with E-state index in [9.17, 15) is 0 Å². The highest BCUT2D eigenvalue weighted by molar-refractivity contribution is 5.84. The lowest BCUT2D eigenvalue weighted by Gasteiger charge is -2.23. The molecule has 1 aliphatic rings. The van der Waals surface area contributed by atoms with Gasteiger partial charge in [0.25, 0.3) is 0 Å². The van der Waals surface area contributed by atoms with Crippen LogP contribution in [0.1, 0.15) is 12.8 Å². The van der Waals surface area contributed by atoms with Crippen molar-refractivity contribution in [3.05, 3.63) is 48.7 Å². The maximum Gasteiger partial charge on any atom is 0.163 e. The molecule has 8 nitrogen and oxygen atoms in total. The molecule has 1 unspecified atom stereocenters. The normalized spacial score (nSPS) is 16.7. The molecule has 4 heterocycles. The number of pyridine rings is 1. The van der Waals surface area contributed by atoms with E-state index >= 15 is 0 Å². The summed E-state index contributed by atoms with van der Waals surface area (Å²) < 4.78 is 15.4. The third kappa shape index (κ3) is 3.61. The number of aryl methyl sites for hydroxylation is 2. The van der Waals surface area contributed by atoms with Crippen molar-refractivity contribution in [3.8, 4) is 17.0 Å². The standard InChI is InChI=1S/C22H24N6O2/c1-27-21(11-18(26-27)15-7-4-3-5-8-15)24-20-12-19(30-16-9-6-10-29-14-16)17-13-23-28(2)22(17)25-20/h3-5,7-8,11-13,16H,6,9-10,14H2,1-2H3,(H,24,25). The van der Waals surface area contributed by atoms with Gasteiger partial charge in [-0.05, 0) is 12.8 Å². The molecule has 5 rings (SSSR count). The molecule has 1 atom stereocenters. The maximum absolute atomic E-state index is 6.28. The quantitative estimate of drug-likeness (QED) is 0.547. The summed E-state index contributed by atoms with van der Waals surface area (Å²) in [6.07, 6.45) is 3.82. The molecule has 1 aliphatic heterocycles. The van der Waals surface area contributed by atoms with Crippen LogP contribution in [-0.4, -0.2) is 43.9 Å². The molecule has 3 aromatic heterocycles. The van der Waals surface area contributed by atoms with Crippen LogP contribution in [0.4, 0.5) is 11.6 Å². The first-order valence-corrected chi connectivity index (χ1v) is 10.1. The van der Waals surface area contributed by atoms with E-state index in [0.717, 1.165) is 53.3 Å². The Morgan fingerprint density at radius 3 is 2.80 bits per heavy atom. The maximum atomic E-state index is 6.28. The summed E-state index contributed by atoms with van der Waals surface area (Å²) in [5, 5.41) is 13.3. The molecular formula is C22H24N6O2. The largest absolute Gasteiger partial charge is 0.487 e. The molecule has 4 aromatic rings. The first-order valence-electron chi connectivity index (χ1n) is 10.1. The Morgan fingerprint density at radius 2 is 2.00 bits per heavy atom. The highest BCUT2D eigenvalue weighted by atomic mass is 16.5. The van der Waals surface area contributed by atoms with E-state index in [-0.39, 0.29) is 6.10 Å². The van der Waals surface area contributed by atoms with Crippen LogP contribution in [0.3, 0.4) is 0 Å². The molecular weight excluding hydrogens is 380 g/mol. The highest BCUT2D eigenvalue weighted by Crippen LogP contribution is 2.31. The van der Waals surface area contributed by atoms with Crippen LogP contribution in [0.2, 0.25) is 0 Å². The summed E-state index contributed by atoms with van der Waals surface area (Å²) in [5.41, 5.74) is 2.73. The fourth-order valence-corrected chi connectivity index (χ4v) is 3.70. The second-order valence-electron chi connectivity index (χ2n) is 7.50. The monoisotopic (exact) mass is 404 g/mol. The molecule has 0 radical (unpaired) electrons. The smallest absolute Gasteiger partial charge is 0.163 e. The first-order chi connectivity index (χ1) is 14.7. The minimum atomic E-state index is 0.0405. The van der Waals surface area contributed by atoms with E-state index in [1.807, 2.05) is 61.2 Å². The van der Waals surface area contributed by atoms with Crippen LogP contribution >= 0.6 is 0 Å². The number of hydrogen-bond donors (Lipinski definition) is 1. The Bertz CT molecular complexity index is 1160. The predicted molar refractivity (Wildman–Crippen MR) is 115 cm³/mol. The summed E-state index contributed by atoms with van der Waals surface area (Å²) in [6, 6.07) is 14.0. The molecule has 0 saturated carbocycles. The van der Waals surface area contributed by atoms with Gasteiger partial charge in [0.15, 0.2) is 5.65 Å². The van der Waals surface area contributed by atoms with Crippen molar-refractivity contribution in [2.24, 2.45) is 14.1 Å². The van der Waals surface area contributed by atoms with Gasteiger partial charge in [0.1, 0.15) is 23.5 Å². The zero-order valence-corrected chi connectivity index (χ0v) is 17.1. The minimum absolute atomic E-state index is 0.0405. The molecule has 30 heavy (non-hydrogen) atoms. The number of hydrogen-bond acceptors (Lipinski definition) is 6. The van der Waals surface area contributed by atoms with E-state index in [1.165, 1.54) is 0 Å².